The lowest BCUT2D eigenvalue weighted by atomic mass is 10.3. The minimum absolute atomic E-state index is 0.194. The highest BCUT2D eigenvalue weighted by Crippen LogP contribution is 2.12. The molecule has 0 heterocycles. The molecule has 0 aromatic rings. The molecule has 0 amide bonds. The fraction of sp³-hybridized carbons (Fsp3) is 1.00. The largest absolute Gasteiger partial charge is 1.18 e. The van der Waals surface area contributed by atoms with Gasteiger partial charge in [-0.05, 0) is 0 Å². The van der Waals surface area contributed by atoms with Crippen LogP contribution in [0.2, 0.25) is 0 Å². The summed E-state index contributed by atoms with van der Waals surface area (Å²) in [4.78, 5) is 0. The molecule has 0 aliphatic heterocycles. The quantitative estimate of drug-likeness (QED) is 0.334. The van der Waals surface area contributed by atoms with Crippen molar-refractivity contribution in [1.82, 2.24) is 0 Å². The highest BCUT2D eigenvalue weighted by molar-refractivity contribution is 7.18. The van der Waals surface area contributed by atoms with Crippen molar-refractivity contribution in [3.8, 4) is 0 Å². The second-order valence-corrected chi connectivity index (χ2v) is 4.50. The van der Waals surface area contributed by atoms with Crippen molar-refractivity contribution in [2.24, 2.45) is 0 Å². The summed E-state index contributed by atoms with van der Waals surface area (Å²) in [6.07, 6.45) is 0. The first-order chi connectivity index (χ1) is 6.00. The van der Waals surface area contributed by atoms with E-state index in [-0.39, 0.29) is 5.16 Å². The minimum Gasteiger partial charge on any atom is -0.418 e. The van der Waals surface area contributed by atoms with Crippen LogP contribution in [-0.4, -0.2) is 19.7 Å². The molecule has 2 radical (unpaired) electrons. The third kappa shape index (κ3) is 115000. The maximum atomic E-state index is 9.75. The van der Waals surface area contributed by atoms with E-state index in [0.29, 0.717) is 0 Å². The van der Waals surface area contributed by atoms with Crippen molar-refractivity contribution in [2.45, 2.75) is 25.9 Å². The van der Waals surface area contributed by atoms with Gasteiger partial charge < -0.3 is 34.5 Å². The monoisotopic (exact) mass is 262 g/mol. The van der Waals surface area contributed by atoms with Crippen LogP contribution in [0.1, 0.15) is 20.8 Å². The molecule has 0 aromatic heterocycles. The lowest BCUT2D eigenvalue weighted by Gasteiger charge is -1.94. The van der Waals surface area contributed by atoms with E-state index in [2.05, 4.69) is 30.0 Å². The Morgan fingerprint density at radius 2 is 0.667 bits per heavy atom. The molecule has 92 valence electrons. The summed E-state index contributed by atoms with van der Waals surface area (Å²) in [6, 6.07) is 0. The fourth-order valence-corrected chi connectivity index (χ4v) is 0. The van der Waals surface area contributed by atoms with E-state index in [1.54, 1.807) is 0 Å². The summed E-state index contributed by atoms with van der Waals surface area (Å²) in [5.74, 6) is 0. The Balaban J connectivity index is -0.000000144. The van der Waals surface area contributed by atoms with Crippen molar-refractivity contribution in [3.05, 3.63) is 0 Å². The second-order valence-electron chi connectivity index (χ2n) is 3.16. The lowest BCUT2D eigenvalue weighted by Crippen LogP contribution is -2.02. The topological polar surface area (TPSA) is 0 Å². The number of hydrogen-bond acceptors (Lipinski definition) is 0. The summed E-state index contributed by atoms with van der Waals surface area (Å²) in [5.41, 5.74) is 0. The molecule has 0 bridgehead atoms. The van der Waals surface area contributed by atoms with E-state index in [4.69, 9.17) is 0 Å². The van der Waals surface area contributed by atoms with Gasteiger partial charge in [-0.1, -0.05) is 0 Å². The molecule has 0 saturated carbocycles. The van der Waals surface area contributed by atoms with Crippen molar-refractivity contribution >= 4 is 23.7 Å². The third-order valence-corrected chi connectivity index (χ3v) is 0. The standard InChI is InChI=1S/C4H9P.2BF4/c1-4(2,3)5;2*2-1(3,4)5/h1-3H3;;/q+2;2*-1. The Hall–Kier alpha value is -0.130. The van der Waals surface area contributed by atoms with Crippen molar-refractivity contribution < 1.29 is 34.5 Å². The van der Waals surface area contributed by atoms with Crippen LogP contribution in [-0.2, 0) is 0 Å². The van der Waals surface area contributed by atoms with E-state index < -0.39 is 14.5 Å². The van der Waals surface area contributed by atoms with E-state index in [9.17, 15) is 34.5 Å². The molecular weight excluding hydrogens is 253 g/mol. The third-order valence-electron chi connectivity index (χ3n) is 0. The van der Waals surface area contributed by atoms with Crippen LogP contribution in [0.3, 0.4) is 0 Å². The van der Waals surface area contributed by atoms with Gasteiger partial charge >= 0.3 is 28.9 Å². The minimum atomic E-state index is -6.00. The first-order valence-electron chi connectivity index (χ1n) is 3.47. The van der Waals surface area contributed by atoms with Crippen LogP contribution in [0, 0.1) is 0 Å². The zero-order valence-electron chi connectivity index (χ0n) is 8.13. The van der Waals surface area contributed by atoms with Gasteiger partial charge in [-0.2, -0.15) is 0 Å². The van der Waals surface area contributed by atoms with Gasteiger partial charge in [0.05, 0.1) is 0 Å². The Bertz CT molecular complexity index is 99.7. The molecule has 0 saturated heterocycles. The van der Waals surface area contributed by atoms with E-state index >= 15 is 0 Å². The molecular formula is C4H9B2F8P. The molecule has 0 aromatic carbocycles. The normalized spacial score (nSPS) is 11.9. The summed E-state index contributed by atoms with van der Waals surface area (Å²) in [7, 11) is -7.88. The fourth-order valence-electron chi connectivity index (χ4n) is 0. The molecule has 0 spiro atoms. The first kappa shape index (κ1) is 20.3. The van der Waals surface area contributed by atoms with Gasteiger partial charge in [0, 0.05) is 20.8 Å². The maximum absolute atomic E-state index is 9.75. The van der Waals surface area contributed by atoms with Crippen LogP contribution in [0.4, 0.5) is 34.5 Å². The highest BCUT2D eigenvalue weighted by Gasteiger charge is 2.45. The number of rotatable bonds is 0. The second kappa shape index (κ2) is 7.19. The summed E-state index contributed by atoms with van der Waals surface area (Å²) < 4.78 is 78.0. The van der Waals surface area contributed by atoms with Gasteiger partial charge in [0.1, 0.15) is 0 Å². The first-order valence-corrected chi connectivity index (χ1v) is 3.92. The van der Waals surface area contributed by atoms with Gasteiger partial charge in [0.25, 0.3) is 0 Å². The molecule has 0 fully saturated rings. The Morgan fingerprint density at radius 3 is 0.667 bits per heavy atom. The van der Waals surface area contributed by atoms with E-state index in [1.165, 1.54) is 0 Å². The van der Waals surface area contributed by atoms with Crippen molar-refractivity contribution in [2.75, 3.05) is 0 Å². The molecule has 15 heavy (non-hydrogen) atoms. The predicted octanol–water partition coefficient (Wildman–Crippen LogP) is 4.80. The highest BCUT2D eigenvalue weighted by atomic mass is 31.0. The molecule has 0 unspecified atom stereocenters. The van der Waals surface area contributed by atoms with Gasteiger partial charge in [-0.25, -0.2) is 0 Å². The van der Waals surface area contributed by atoms with Crippen molar-refractivity contribution in [3.63, 3.8) is 0 Å². The van der Waals surface area contributed by atoms with Crippen molar-refractivity contribution in [1.29, 1.82) is 0 Å². The average molecular weight is 262 g/mol. The van der Waals surface area contributed by atoms with E-state index in [0.717, 1.165) is 0 Å². The molecule has 11 heteroatoms. The van der Waals surface area contributed by atoms with Crippen LogP contribution < -0.4 is 0 Å². The molecule has 0 aliphatic rings. The zero-order chi connectivity index (χ0) is 13.5. The van der Waals surface area contributed by atoms with Gasteiger partial charge in [-0.15, -0.1) is 0 Å². The molecule has 0 atom stereocenters. The number of hydrogen-bond donors (Lipinski definition) is 0. The molecule has 0 N–H and O–H groups in total. The zero-order valence-corrected chi connectivity index (χ0v) is 9.02. The van der Waals surface area contributed by atoms with Crippen LogP contribution in [0.15, 0.2) is 0 Å². The number of halogens is 8. The molecule has 0 aliphatic carbocycles. The van der Waals surface area contributed by atoms with Gasteiger partial charge in [0.15, 0.2) is 0 Å². The maximum Gasteiger partial charge on any atom is 1.18 e. The smallest absolute Gasteiger partial charge is 0.418 e. The summed E-state index contributed by atoms with van der Waals surface area (Å²) >= 11 is 0. The van der Waals surface area contributed by atoms with Crippen LogP contribution in [0.5, 0.6) is 0 Å². The average Bonchev–Trinajstić information content (AvgIpc) is 1.41. The van der Waals surface area contributed by atoms with Crippen LogP contribution in [0.25, 0.3) is 0 Å². The predicted molar refractivity (Wildman–Crippen MR) is 47.0 cm³/mol. The summed E-state index contributed by atoms with van der Waals surface area (Å²) in [6.45, 7) is 6.16. The van der Waals surface area contributed by atoms with Gasteiger partial charge in [0.2, 0.25) is 0 Å². The Labute approximate surface area is 85.2 Å². The lowest BCUT2D eigenvalue weighted by molar-refractivity contribution is 0.366. The van der Waals surface area contributed by atoms with Gasteiger partial charge in [-0.3, -0.25) is 0 Å². The molecule has 0 rings (SSSR count). The Kier molecular flexibility index (Phi) is 9.74. The van der Waals surface area contributed by atoms with E-state index in [1.807, 2.05) is 0 Å². The molecule has 0 nitrogen and oxygen atoms in total. The SMILES string of the molecule is CC(C)(C)[P+2].F[B-](F)(F)F.F[B-](F)(F)F. The van der Waals surface area contributed by atoms with Crippen LogP contribution >= 0.6 is 9.24 Å². The summed E-state index contributed by atoms with van der Waals surface area (Å²) in [5, 5.41) is 0.194. The Morgan fingerprint density at radius 1 is 0.667 bits per heavy atom.